The van der Waals surface area contributed by atoms with E-state index in [2.05, 4.69) is 15.6 Å². The number of aliphatic hydroxyl groups excluding tert-OH is 1. The van der Waals surface area contributed by atoms with Crippen molar-refractivity contribution in [1.29, 1.82) is 0 Å². The van der Waals surface area contributed by atoms with Gasteiger partial charge in [0.15, 0.2) is 0 Å². The number of furan rings is 1. The molecule has 2 aromatic heterocycles. The van der Waals surface area contributed by atoms with Crippen LogP contribution in [0.25, 0.3) is 0 Å². The molecule has 3 rings (SSSR count). The monoisotopic (exact) mass is 353 g/mol. The summed E-state index contributed by atoms with van der Waals surface area (Å²) < 4.78 is 5.17. The fourth-order valence-electron chi connectivity index (χ4n) is 2.40. The number of pyridine rings is 1. The summed E-state index contributed by atoms with van der Waals surface area (Å²) in [6.07, 6.45) is 2.26. The zero-order chi connectivity index (χ0) is 18.4. The lowest BCUT2D eigenvalue weighted by molar-refractivity contribution is 0.0943. The third-order valence-electron chi connectivity index (χ3n) is 3.75. The Balaban J connectivity index is 1.57. The second kappa shape index (κ2) is 8.17. The van der Waals surface area contributed by atoms with Crippen LogP contribution in [0.15, 0.2) is 65.4 Å². The van der Waals surface area contributed by atoms with Crippen molar-refractivity contribution in [3.8, 4) is 5.75 Å². The van der Waals surface area contributed by atoms with E-state index in [1.165, 1.54) is 12.3 Å². The number of aromatic nitrogens is 1. The molecule has 0 aliphatic heterocycles. The Labute approximate surface area is 150 Å². The van der Waals surface area contributed by atoms with E-state index in [1.54, 1.807) is 48.7 Å². The number of hydrogen-bond donors (Lipinski definition) is 4. The van der Waals surface area contributed by atoms with E-state index < -0.39 is 6.10 Å². The maximum atomic E-state index is 12.2. The van der Waals surface area contributed by atoms with Crippen LogP contribution in [-0.2, 0) is 6.54 Å². The molecule has 0 fully saturated rings. The van der Waals surface area contributed by atoms with Crippen molar-refractivity contribution in [1.82, 2.24) is 10.3 Å². The first kappa shape index (κ1) is 17.5. The van der Waals surface area contributed by atoms with Gasteiger partial charge in [-0.25, -0.2) is 0 Å². The van der Waals surface area contributed by atoms with Gasteiger partial charge in [0.1, 0.15) is 17.2 Å². The predicted octanol–water partition coefficient (Wildman–Crippen LogP) is 2.46. The first-order chi connectivity index (χ1) is 12.6. The Morgan fingerprint density at radius 1 is 1.19 bits per heavy atom. The summed E-state index contributed by atoms with van der Waals surface area (Å²) in [7, 11) is 0. The Morgan fingerprint density at radius 2 is 2.08 bits per heavy atom. The van der Waals surface area contributed by atoms with Crippen LogP contribution in [0.3, 0.4) is 0 Å². The number of aliphatic hydroxyl groups is 1. The molecule has 7 nitrogen and oxygen atoms in total. The zero-order valence-electron chi connectivity index (χ0n) is 13.9. The average Bonchev–Trinajstić information content (AvgIpc) is 3.18. The number of benzene rings is 1. The van der Waals surface area contributed by atoms with Crippen LogP contribution in [-0.4, -0.2) is 27.6 Å². The Morgan fingerprint density at radius 3 is 2.85 bits per heavy atom. The van der Waals surface area contributed by atoms with Crippen LogP contribution < -0.4 is 10.6 Å². The maximum absolute atomic E-state index is 12.2. The van der Waals surface area contributed by atoms with E-state index in [0.29, 0.717) is 17.0 Å². The largest absolute Gasteiger partial charge is 0.508 e. The van der Waals surface area contributed by atoms with Gasteiger partial charge in [0, 0.05) is 18.4 Å². The highest BCUT2D eigenvalue weighted by Gasteiger charge is 2.11. The topological polar surface area (TPSA) is 108 Å². The summed E-state index contributed by atoms with van der Waals surface area (Å²) in [4.78, 5) is 16.2. The van der Waals surface area contributed by atoms with Gasteiger partial charge in [-0.15, -0.1) is 0 Å². The molecule has 134 valence electrons. The van der Waals surface area contributed by atoms with Crippen LogP contribution in [0.1, 0.15) is 27.9 Å². The highest BCUT2D eigenvalue weighted by molar-refractivity contribution is 5.93. The highest BCUT2D eigenvalue weighted by Crippen LogP contribution is 2.19. The summed E-state index contributed by atoms with van der Waals surface area (Å²) >= 11 is 0. The minimum absolute atomic E-state index is 0.0981. The molecular formula is C19H19N3O4. The quantitative estimate of drug-likeness (QED) is 0.520. The van der Waals surface area contributed by atoms with E-state index >= 15 is 0 Å². The molecule has 26 heavy (non-hydrogen) atoms. The number of nitrogens with zero attached hydrogens (tertiary/aromatic N) is 1. The summed E-state index contributed by atoms with van der Waals surface area (Å²) in [6, 6.07) is 13.3. The molecule has 0 radical (unpaired) electrons. The fraction of sp³-hybridized carbons (Fsp3) is 0.158. The molecular weight excluding hydrogens is 334 g/mol. The number of aromatic hydroxyl groups is 1. The molecule has 4 N–H and O–H groups in total. The molecule has 0 unspecified atom stereocenters. The Kier molecular flexibility index (Phi) is 5.50. The molecule has 0 bridgehead atoms. The number of rotatable bonds is 7. The lowest BCUT2D eigenvalue weighted by Crippen LogP contribution is -2.23. The van der Waals surface area contributed by atoms with Crippen LogP contribution in [0.5, 0.6) is 5.75 Å². The molecule has 0 saturated carbocycles. The van der Waals surface area contributed by atoms with Gasteiger partial charge in [0.05, 0.1) is 18.9 Å². The van der Waals surface area contributed by atoms with Crippen molar-refractivity contribution >= 4 is 11.6 Å². The van der Waals surface area contributed by atoms with Gasteiger partial charge in [-0.3, -0.25) is 9.78 Å². The normalized spacial score (nSPS) is 11.7. The third kappa shape index (κ3) is 4.61. The van der Waals surface area contributed by atoms with Crippen LogP contribution >= 0.6 is 0 Å². The number of hydrogen-bond acceptors (Lipinski definition) is 6. The molecule has 7 heteroatoms. The average molecular weight is 353 g/mol. The molecule has 3 aromatic rings. The van der Waals surface area contributed by atoms with Crippen LogP contribution in [0.4, 0.5) is 5.69 Å². The van der Waals surface area contributed by atoms with Crippen molar-refractivity contribution in [3.05, 3.63) is 78.0 Å². The number of amides is 1. The van der Waals surface area contributed by atoms with Crippen LogP contribution in [0.2, 0.25) is 0 Å². The summed E-state index contributed by atoms with van der Waals surface area (Å²) in [5, 5.41) is 25.5. The molecule has 0 spiro atoms. The smallest absolute Gasteiger partial charge is 0.270 e. The maximum Gasteiger partial charge on any atom is 0.270 e. The minimum atomic E-state index is -0.800. The molecule has 0 saturated heterocycles. The Bertz CT molecular complexity index is 865. The van der Waals surface area contributed by atoms with Crippen molar-refractivity contribution in [3.63, 3.8) is 0 Å². The number of phenolic OH excluding ortho intramolecular Hbond substituents is 1. The molecule has 1 aromatic carbocycles. The second-order valence-electron chi connectivity index (χ2n) is 5.68. The number of anilines is 1. The van der Waals surface area contributed by atoms with Gasteiger partial charge in [-0.1, -0.05) is 12.1 Å². The number of carbonyl (C=O) groups is 1. The number of carbonyl (C=O) groups excluding carboxylic acids is 1. The highest BCUT2D eigenvalue weighted by atomic mass is 16.3. The standard InChI is InChI=1S/C19H19N3O4/c23-15-4-1-3-13(9-15)18(24)12-21-14-6-7-20-17(10-14)19(25)22-11-16-5-2-8-26-16/h1-10,18,23-24H,11-12H2,(H,20,21)(H,22,25)/t18-/m1/s1. The van der Waals surface area contributed by atoms with E-state index in [1.807, 2.05) is 0 Å². The van der Waals surface area contributed by atoms with Crippen molar-refractivity contribution in [2.75, 3.05) is 11.9 Å². The van der Waals surface area contributed by atoms with Gasteiger partial charge < -0.3 is 25.3 Å². The van der Waals surface area contributed by atoms with E-state index in [-0.39, 0.29) is 30.4 Å². The first-order valence-corrected chi connectivity index (χ1v) is 8.09. The van der Waals surface area contributed by atoms with Gasteiger partial charge in [0.25, 0.3) is 5.91 Å². The molecule has 2 heterocycles. The van der Waals surface area contributed by atoms with E-state index in [4.69, 9.17) is 4.42 Å². The molecule has 1 atom stereocenters. The van der Waals surface area contributed by atoms with Crippen molar-refractivity contribution in [2.45, 2.75) is 12.6 Å². The lowest BCUT2D eigenvalue weighted by atomic mass is 10.1. The van der Waals surface area contributed by atoms with Gasteiger partial charge >= 0.3 is 0 Å². The van der Waals surface area contributed by atoms with Crippen molar-refractivity contribution in [2.24, 2.45) is 0 Å². The van der Waals surface area contributed by atoms with E-state index in [0.717, 1.165) is 0 Å². The minimum Gasteiger partial charge on any atom is -0.508 e. The molecule has 0 aliphatic carbocycles. The second-order valence-corrected chi connectivity index (χ2v) is 5.68. The third-order valence-corrected chi connectivity index (χ3v) is 3.75. The first-order valence-electron chi connectivity index (χ1n) is 8.09. The Hall–Kier alpha value is -3.32. The summed E-state index contributed by atoms with van der Waals surface area (Å²) in [5.41, 5.74) is 1.51. The predicted molar refractivity (Wildman–Crippen MR) is 95.7 cm³/mol. The van der Waals surface area contributed by atoms with Gasteiger partial charge in [0.2, 0.25) is 0 Å². The fourth-order valence-corrected chi connectivity index (χ4v) is 2.40. The summed E-state index contributed by atoms with van der Waals surface area (Å²) in [5.74, 6) is 0.432. The van der Waals surface area contributed by atoms with E-state index in [9.17, 15) is 15.0 Å². The molecule has 0 aliphatic rings. The molecule has 1 amide bonds. The zero-order valence-corrected chi connectivity index (χ0v) is 13.9. The van der Waals surface area contributed by atoms with Crippen LogP contribution in [0, 0.1) is 0 Å². The number of phenols is 1. The van der Waals surface area contributed by atoms with Crippen molar-refractivity contribution < 1.29 is 19.4 Å². The van der Waals surface area contributed by atoms with Gasteiger partial charge in [-0.2, -0.15) is 0 Å². The lowest BCUT2D eigenvalue weighted by Gasteiger charge is -2.14. The number of nitrogens with one attached hydrogen (secondary N) is 2. The summed E-state index contributed by atoms with van der Waals surface area (Å²) in [6.45, 7) is 0.502. The SMILES string of the molecule is O=C(NCc1ccco1)c1cc(NC[C@@H](O)c2cccc(O)c2)ccn1. The van der Waals surface area contributed by atoms with Gasteiger partial charge in [-0.05, 0) is 42.0 Å².